The van der Waals surface area contributed by atoms with E-state index in [4.69, 9.17) is 5.73 Å². The number of amides is 1. The van der Waals surface area contributed by atoms with Gasteiger partial charge in [0.2, 0.25) is 5.91 Å². The van der Waals surface area contributed by atoms with Gasteiger partial charge in [0.15, 0.2) is 0 Å². The van der Waals surface area contributed by atoms with Gasteiger partial charge in [-0.15, -0.1) is 0 Å². The van der Waals surface area contributed by atoms with E-state index in [1.807, 2.05) is 44.2 Å². The number of benzene rings is 1. The van der Waals surface area contributed by atoms with Crippen LogP contribution in [0.1, 0.15) is 26.3 Å². The van der Waals surface area contributed by atoms with Gasteiger partial charge < -0.3 is 16.2 Å². The van der Waals surface area contributed by atoms with E-state index >= 15 is 0 Å². The van der Waals surface area contributed by atoms with Crippen LogP contribution >= 0.6 is 0 Å². The first-order valence-corrected chi connectivity index (χ1v) is 6.14. The zero-order chi connectivity index (χ0) is 13.8. The molecule has 100 valence electrons. The Labute approximate surface area is 108 Å². The minimum absolute atomic E-state index is 0.0590. The zero-order valence-electron chi connectivity index (χ0n) is 11.2. The highest BCUT2D eigenvalue weighted by molar-refractivity contribution is 5.82. The third-order valence-corrected chi connectivity index (χ3v) is 3.15. The molecule has 1 amide bonds. The summed E-state index contributed by atoms with van der Waals surface area (Å²) in [5, 5.41) is 12.4. The molecule has 4 nitrogen and oxygen atoms in total. The summed E-state index contributed by atoms with van der Waals surface area (Å²) >= 11 is 0. The molecule has 0 spiro atoms. The Kier molecular flexibility index (Phi) is 4.87. The number of nitrogens with two attached hydrogens (primary N) is 1. The molecule has 0 aliphatic rings. The number of rotatable bonds is 5. The average molecular weight is 250 g/mol. The summed E-state index contributed by atoms with van der Waals surface area (Å²) in [6.45, 7) is 5.40. The molecule has 18 heavy (non-hydrogen) atoms. The number of hydrogen-bond donors (Lipinski definition) is 3. The summed E-state index contributed by atoms with van der Waals surface area (Å²) in [6, 6.07) is 8.81. The van der Waals surface area contributed by atoms with Crippen molar-refractivity contribution < 1.29 is 9.90 Å². The Balaban J connectivity index is 2.87. The molecule has 0 aliphatic carbocycles. The maximum absolute atomic E-state index is 12.0. The van der Waals surface area contributed by atoms with Crippen LogP contribution < -0.4 is 11.1 Å². The van der Waals surface area contributed by atoms with Crippen molar-refractivity contribution >= 4 is 5.91 Å². The van der Waals surface area contributed by atoms with Crippen molar-refractivity contribution in [1.29, 1.82) is 0 Å². The van der Waals surface area contributed by atoms with Crippen LogP contribution in [0.2, 0.25) is 0 Å². The number of nitrogens with one attached hydrogen (secondary N) is 1. The summed E-state index contributed by atoms with van der Waals surface area (Å²) in [5.74, 6) is -0.186. The van der Waals surface area contributed by atoms with Crippen LogP contribution in [0.25, 0.3) is 0 Å². The topological polar surface area (TPSA) is 75.4 Å². The molecule has 0 fully saturated rings. The Morgan fingerprint density at radius 2 is 1.94 bits per heavy atom. The predicted octanol–water partition coefficient (Wildman–Crippen LogP) is 0.994. The van der Waals surface area contributed by atoms with E-state index in [1.54, 1.807) is 6.92 Å². The van der Waals surface area contributed by atoms with Gasteiger partial charge in [0.25, 0.3) is 0 Å². The molecule has 0 aromatic heterocycles. The van der Waals surface area contributed by atoms with E-state index in [2.05, 4.69) is 5.32 Å². The summed E-state index contributed by atoms with van der Waals surface area (Å²) in [7, 11) is 0. The third-order valence-electron chi connectivity index (χ3n) is 3.15. The van der Waals surface area contributed by atoms with Gasteiger partial charge in [0.1, 0.15) is 0 Å². The average Bonchev–Trinajstić information content (AvgIpc) is 2.38. The lowest BCUT2D eigenvalue weighted by Crippen LogP contribution is -2.53. The molecule has 0 heterocycles. The van der Waals surface area contributed by atoms with E-state index < -0.39 is 11.6 Å². The number of carbonyl (C=O) groups excluding carboxylic acids is 1. The lowest BCUT2D eigenvalue weighted by Gasteiger charge is -2.31. The van der Waals surface area contributed by atoms with Crippen molar-refractivity contribution in [1.82, 2.24) is 5.32 Å². The van der Waals surface area contributed by atoms with Gasteiger partial charge in [-0.25, -0.2) is 0 Å². The monoisotopic (exact) mass is 250 g/mol. The highest BCUT2D eigenvalue weighted by atomic mass is 16.3. The van der Waals surface area contributed by atoms with Crippen LogP contribution in [-0.4, -0.2) is 23.7 Å². The molecule has 4 N–H and O–H groups in total. The van der Waals surface area contributed by atoms with Crippen molar-refractivity contribution in [3.05, 3.63) is 35.9 Å². The van der Waals surface area contributed by atoms with Gasteiger partial charge in [0.05, 0.1) is 18.2 Å². The lowest BCUT2D eigenvalue weighted by molar-refractivity contribution is -0.125. The second-order valence-electron chi connectivity index (χ2n) is 5.12. The summed E-state index contributed by atoms with van der Waals surface area (Å²) < 4.78 is 0. The molecular weight excluding hydrogens is 228 g/mol. The fraction of sp³-hybridized carbons (Fsp3) is 0.500. The first kappa shape index (κ1) is 14.7. The van der Waals surface area contributed by atoms with Crippen LogP contribution in [-0.2, 0) is 10.3 Å². The van der Waals surface area contributed by atoms with Crippen LogP contribution in [0.3, 0.4) is 0 Å². The second-order valence-corrected chi connectivity index (χ2v) is 5.12. The van der Waals surface area contributed by atoms with E-state index in [9.17, 15) is 9.90 Å². The maximum Gasteiger partial charge on any atom is 0.237 e. The molecule has 1 aromatic carbocycles. The van der Waals surface area contributed by atoms with E-state index in [-0.39, 0.29) is 18.4 Å². The molecule has 0 saturated heterocycles. The van der Waals surface area contributed by atoms with Crippen LogP contribution in [0.15, 0.2) is 30.3 Å². The van der Waals surface area contributed by atoms with E-state index in [0.717, 1.165) is 5.56 Å². The first-order chi connectivity index (χ1) is 8.40. The molecule has 1 aromatic rings. The largest absolute Gasteiger partial charge is 0.394 e. The maximum atomic E-state index is 12.0. The van der Waals surface area contributed by atoms with Crippen LogP contribution in [0.4, 0.5) is 0 Å². The van der Waals surface area contributed by atoms with Crippen molar-refractivity contribution in [3.63, 3.8) is 0 Å². The predicted molar refractivity (Wildman–Crippen MR) is 71.8 cm³/mol. The van der Waals surface area contributed by atoms with Gasteiger partial charge >= 0.3 is 0 Å². The van der Waals surface area contributed by atoms with Gasteiger partial charge in [-0.3, -0.25) is 4.79 Å². The molecule has 2 unspecified atom stereocenters. The molecule has 0 radical (unpaired) electrons. The minimum Gasteiger partial charge on any atom is -0.394 e. The summed E-state index contributed by atoms with van der Waals surface area (Å²) in [5.41, 5.74) is 5.86. The Hall–Kier alpha value is -1.39. The van der Waals surface area contributed by atoms with E-state index in [1.165, 1.54) is 0 Å². The zero-order valence-corrected chi connectivity index (χ0v) is 11.2. The van der Waals surface area contributed by atoms with Gasteiger partial charge in [0, 0.05) is 0 Å². The molecule has 2 atom stereocenters. The Morgan fingerprint density at radius 1 is 1.39 bits per heavy atom. The summed E-state index contributed by atoms with van der Waals surface area (Å²) in [4.78, 5) is 12.0. The first-order valence-electron chi connectivity index (χ1n) is 6.14. The van der Waals surface area contributed by atoms with Crippen molar-refractivity contribution in [2.75, 3.05) is 6.61 Å². The van der Waals surface area contributed by atoms with Crippen molar-refractivity contribution in [3.8, 4) is 0 Å². The SMILES string of the molecule is CC(C)C(N)C(=O)NC(C)(CO)c1ccccc1. The number of carbonyl (C=O) groups is 1. The fourth-order valence-electron chi connectivity index (χ4n) is 1.67. The highest BCUT2D eigenvalue weighted by Crippen LogP contribution is 2.20. The fourth-order valence-corrected chi connectivity index (χ4v) is 1.67. The molecule has 0 bridgehead atoms. The van der Waals surface area contributed by atoms with Crippen molar-refractivity contribution in [2.45, 2.75) is 32.4 Å². The highest BCUT2D eigenvalue weighted by Gasteiger charge is 2.30. The molecule has 4 heteroatoms. The minimum atomic E-state index is -0.801. The number of hydrogen-bond acceptors (Lipinski definition) is 3. The Morgan fingerprint density at radius 3 is 2.39 bits per heavy atom. The standard InChI is InChI=1S/C14H22N2O2/c1-10(2)12(15)13(18)16-14(3,9-17)11-7-5-4-6-8-11/h4-8,10,12,17H,9,15H2,1-3H3,(H,16,18). The second kappa shape index (κ2) is 5.98. The normalized spacial score (nSPS) is 16.1. The Bertz CT molecular complexity index is 392. The van der Waals surface area contributed by atoms with Gasteiger partial charge in [-0.2, -0.15) is 0 Å². The molecule has 1 rings (SSSR count). The van der Waals surface area contributed by atoms with Crippen LogP contribution in [0.5, 0.6) is 0 Å². The number of aliphatic hydroxyl groups excluding tert-OH is 1. The molecule has 0 aliphatic heterocycles. The lowest BCUT2D eigenvalue weighted by atomic mass is 9.92. The summed E-state index contributed by atoms with van der Waals surface area (Å²) in [6.07, 6.45) is 0. The van der Waals surface area contributed by atoms with Gasteiger partial charge in [-0.05, 0) is 18.4 Å². The van der Waals surface area contributed by atoms with Crippen molar-refractivity contribution in [2.24, 2.45) is 11.7 Å². The third kappa shape index (κ3) is 3.31. The smallest absolute Gasteiger partial charge is 0.237 e. The molecule has 0 saturated carbocycles. The quantitative estimate of drug-likeness (QED) is 0.729. The van der Waals surface area contributed by atoms with E-state index in [0.29, 0.717) is 0 Å². The molecular formula is C14H22N2O2. The number of aliphatic hydroxyl groups is 1. The van der Waals surface area contributed by atoms with Gasteiger partial charge in [-0.1, -0.05) is 44.2 Å². The van der Waals surface area contributed by atoms with Crippen LogP contribution in [0, 0.1) is 5.92 Å².